The molecule has 1 unspecified atom stereocenters. The van der Waals surface area contributed by atoms with Crippen molar-refractivity contribution in [2.75, 3.05) is 12.9 Å². The van der Waals surface area contributed by atoms with Crippen LogP contribution in [0.3, 0.4) is 0 Å². The minimum atomic E-state index is -3.68. The fraction of sp³-hybridized carbons (Fsp3) is 0.360. The maximum Gasteiger partial charge on any atom is 0.306 e. The van der Waals surface area contributed by atoms with Crippen LogP contribution in [-0.4, -0.2) is 43.5 Å². The zero-order valence-corrected chi connectivity index (χ0v) is 21.0. The summed E-state index contributed by atoms with van der Waals surface area (Å²) < 4.78 is 43.3. The van der Waals surface area contributed by atoms with Crippen LogP contribution in [0.2, 0.25) is 0 Å². The van der Waals surface area contributed by atoms with E-state index in [2.05, 4.69) is 25.7 Å². The summed E-state index contributed by atoms with van der Waals surface area (Å²) in [4.78, 5) is 15.9. The number of nitriles is 1. The van der Waals surface area contributed by atoms with E-state index in [1.165, 1.54) is 7.11 Å². The first-order valence-corrected chi connectivity index (χ1v) is 13.1. The second-order valence-electron chi connectivity index (χ2n) is 8.64. The van der Waals surface area contributed by atoms with Crippen LogP contribution in [0.4, 0.5) is 0 Å². The maximum atomic E-state index is 12.5. The quantitative estimate of drug-likeness (QED) is 0.427. The van der Waals surface area contributed by atoms with Gasteiger partial charge >= 0.3 is 5.97 Å². The Labute approximate surface area is 209 Å². The fourth-order valence-corrected chi connectivity index (χ4v) is 5.37. The molecule has 188 valence electrons. The molecule has 0 amide bonds. The molecule has 0 saturated heterocycles. The van der Waals surface area contributed by atoms with E-state index in [1.54, 1.807) is 18.2 Å². The number of fused-ring (bicyclic) bond motifs is 1. The minimum Gasteiger partial charge on any atom is -0.490 e. The van der Waals surface area contributed by atoms with Gasteiger partial charge in [-0.3, -0.25) is 4.79 Å². The molecular weight excluding hydrogens is 484 g/mol. The topological polar surface area (TPSA) is 144 Å². The summed E-state index contributed by atoms with van der Waals surface area (Å²) in [5, 5.41) is 13.6. The van der Waals surface area contributed by atoms with E-state index in [4.69, 9.17) is 9.26 Å². The Hall–Kier alpha value is -3.75. The van der Waals surface area contributed by atoms with Crippen LogP contribution in [0, 0.1) is 11.3 Å². The first kappa shape index (κ1) is 25.3. The number of carbonyl (C=O) groups is 1. The van der Waals surface area contributed by atoms with E-state index in [1.807, 2.05) is 32.0 Å². The van der Waals surface area contributed by atoms with E-state index in [-0.39, 0.29) is 24.2 Å². The second-order valence-corrected chi connectivity index (χ2v) is 10.5. The summed E-state index contributed by atoms with van der Waals surface area (Å²) in [7, 11) is -2.46. The molecule has 2 aromatic carbocycles. The zero-order chi connectivity index (χ0) is 25.9. The highest BCUT2D eigenvalue weighted by Crippen LogP contribution is 2.38. The van der Waals surface area contributed by atoms with Crippen LogP contribution in [0.25, 0.3) is 22.8 Å². The van der Waals surface area contributed by atoms with Gasteiger partial charge < -0.3 is 14.0 Å². The zero-order valence-electron chi connectivity index (χ0n) is 20.1. The monoisotopic (exact) mass is 510 g/mol. The molecule has 11 heteroatoms. The Bertz CT molecular complexity index is 1420. The van der Waals surface area contributed by atoms with Gasteiger partial charge in [0.25, 0.3) is 5.89 Å². The molecule has 0 aliphatic heterocycles. The highest BCUT2D eigenvalue weighted by molar-refractivity contribution is 7.89. The number of rotatable bonds is 9. The molecule has 1 aliphatic rings. The van der Waals surface area contributed by atoms with Gasteiger partial charge in [0.1, 0.15) is 11.8 Å². The van der Waals surface area contributed by atoms with Crippen LogP contribution < -0.4 is 9.46 Å². The highest BCUT2D eigenvalue weighted by Gasteiger charge is 2.30. The van der Waals surface area contributed by atoms with E-state index in [0.29, 0.717) is 35.5 Å². The van der Waals surface area contributed by atoms with Crippen molar-refractivity contribution in [2.24, 2.45) is 0 Å². The maximum absolute atomic E-state index is 12.5. The lowest BCUT2D eigenvalue weighted by molar-refractivity contribution is -0.140. The lowest BCUT2D eigenvalue weighted by Gasteiger charge is -2.14. The molecule has 1 aromatic heterocycles. The number of nitrogens with one attached hydrogen (secondary N) is 1. The lowest BCUT2D eigenvalue weighted by Crippen LogP contribution is -2.30. The number of methoxy groups -OCH3 is 1. The van der Waals surface area contributed by atoms with E-state index in [0.717, 1.165) is 16.7 Å². The Morgan fingerprint density at radius 3 is 2.83 bits per heavy atom. The molecule has 3 aromatic rings. The van der Waals surface area contributed by atoms with Crippen molar-refractivity contribution >= 4 is 16.0 Å². The van der Waals surface area contributed by atoms with Crippen LogP contribution in [0.5, 0.6) is 5.75 Å². The molecule has 0 spiro atoms. The molecule has 4 rings (SSSR count). The van der Waals surface area contributed by atoms with Crippen LogP contribution in [0.15, 0.2) is 40.9 Å². The standard InChI is InChI=1S/C25H26N4O6S/c1-15(2)34-22-10-7-16(13-17(22)14-26)25-27-24(28-35-25)20-6-4-5-19-18(20)8-9-21(19)29-36(31,32)12-11-23(30)33-3/h4-7,10,13,15,21,29H,8-9,11-12H2,1-3H3. The minimum absolute atomic E-state index is 0.0701. The predicted octanol–water partition coefficient (Wildman–Crippen LogP) is 3.53. The molecular formula is C25H26N4O6S. The molecule has 0 bridgehead atoms. The molecule has 1 N–H and O–H groups in total. The SMILES string of the molecule is COC(=O)CCS(=O)(=O)NC1CCc2c(-c3noc(-c4ccc(OC(C)C)c(C#N)c4)n3)cccc21. The van der Waals surface area contributed by atoms with E-state index in [9.17, 15) is 18.5 Å². The van der Waals surface area contributed by atoms with Gasteiger partial charge in [0, 0.05) is 17.2 Å². The average molecular weight is 511 g/mol. The van der Waals surface area contributed by atoms with E-state index >= 15 is 0 Å². The van der Waals surface area contributed by atoms with Crippen molar-refractivity contribution in [1.29, 1.82) is 5.26 Å². The lowest BCUT2D eigenvalue weighted by atomic mass is 10.0. The normalized spacial score (nSPS) is 14.9. The second kappa shape index (κ2) is 10.5. The first-order valence-electron chi connectivity index (χ1n) is 11.4. The van der Waals surface area contributed by atoms with Crippen molar-refractivity contribution in [2.45, 2.75) is 45.3 Å². The number of nitrogens with zero attached hydrogens (tertiary/aromatic N) is 3. The number of aromatic nitrogens is 2. The van der Waals surface area contributed by atoms with Crippen molar-refractivity contribution in [3.63, 3.8) is 0 Å². The number of carbonyl (C=O) groups excluding carboxylic acids is 1. The number of ether oxygens (including phenoxy) is 2. The smallest absolute Gasteiger partial charge is 0.306 e. The van der Waals surface area contributed by atoms with Gasteiger partial charge in [-0.05, 0) is 56.0 Å². The van der Waals surface area contributed by atoms with Crippen LogP contribution in [0.1, 0.15) is 49.4 Å². The summed E-state index contributed by atoms with van der Waals surface area (Å²) in [6, 6.07) is 12.4. The summed E-state index contributed by atoms with van der Waals surface area (Å²) in [5.74, 6) is 0.194. The van der Waals surface area contributed by atoms with Gasteiger partial charge in [0.15, 0.2) is 0 Å². The van der Waals surface area contributed by atoms with Gasteiger partial charge in [0.05, 0.1) is 31.0 Å². The Kier molecular flexibility index (Phi) is 7.37. The van der Waals surface area contributed by atoms with Crippen LogP contribution in [-0.2, 0) is 26.0 Å². The van der Waals surface area contributed by atoms with Gasteiger partial charge in [-0.25, -0.2) is 13.1 Å². The summed E-state index contributed by atoms with van der Waals surface area (Å²) in [5.41, 5.74) is 3.47. The largest absolute Gasteiger partial charge is 0.490 e. The van der Waals surface area contributed by atoms with Gasteiger partial charge in [-0.1, -0.05) is 23.4 Å². The Morgan fingerprint density at radius 1 is 1.31 bits per heavy atom. The molecule has 1 heterocycles. The molecule has 36 heavy (non-hydrogen) atoms. The molecule has 0 fully saturated rings. The Balaban J connectivity index is 1.56. The molecule has 1 atom stereocenters. The van der Waals surface area contributed by atoms with Gasteiger partial charge in [0.2, 0.25) is 15.8 Å². The number of benzene rings is 2. The third-order valence-electron chi connectivity index (χ3n) is 5.77. The number of sulfonamides is 1. The Morgan fingerprint density at radius 2 is 2.11 bits per heavy atom. The molecule has 10 nitrogen and oxygen atoms in total. The van der Waals surface area contributed by atoms with Crippen molar-refractivity contribution in [3.05, 3.63) is 53.1 Å². The highest BCUT2D eigenvalue weighted by atomic mass is 32.2. The average Bonchev–Trinajstić information content (AvgIpc) is 3.50. The van der Waals surface area contributed by atoms with Crippen molar-refractivity contribution in [3.8, 4) is 34.7 Å². The number of esters is 1. The van der Waals surface area contributed by atoms with Gasteiger partial charge in [-0.2, -0.15) is 10.2 Å². The molecule has 0 saturated carbocycles. The van der Waals surface area contributed by atoms with Crippen LogP contribution >= 0.6 is 0 Å². The van der Waals surface area contributed by atoms with E-state index < -0.39 is 22.0 Å². The summed E-state index contributed by atoms with van der Waals surface area (Å²) in [6.45, 7) is 3.77. The third kappa shape index (κ3) is 5.56. The van der Waals surface area contributed by atoms with Crippen molar-refractivity contribution in [1.82, 2.24) is 14.9 Å². The molecule has 0 radical (unpaired) electrons. The number of hydrogen-bond donors (Lipinski definition) is 1. The number of hydrogen-bond acceptors (Lipinski definition) is 9. The third-order valence-corrected chi connectivity index (χ3v) is 7.16. The first-order chi connectivity index (χ1) is 17.2. The van der Waals surface area contributed by atoms with Gasteiger partial charge in [-0.15, -0.1) is 0 Å². The van der Waals surface area contributed by atoms with Crippen molar-refractivity contribution < 1.29 is 27.2 Å². The molecule has 1 aliphatic carbocycles. The summed E-state index contributed by atoms with van der Waals surface area (Å²) in [6.07, 6.45) is 0.908. The fourth-order valence-electron chi connectivity index (χ4n) is 4.14. The predicted molar refractivity (Wildman–Crippen MR) is 130 cm³/mol. The summed E-state index contributed by atoms with van der Waals surface area (Å²) >= 11 is 0.